The highest BCUT2D eigenvalue weighted by Gasteiger charge is 2.43. The lowest BCUT2D eigenvalue weighted by Crippen LogP contribution is -2.39. The summed E-state index contributed by atoms with van der Waals surface area (Å²) in [7, 11) is -1.24. The SMILES string of the molecule is CCOC(=O)CC1(O)CCC(C)(C)c2cc(C#Cc3ccc(C(=O)OCC[Si](C)(C)C)cc3)ccc21. The Kier molecular flexibility index (Phi) is 8.48. The predicted molar refractivity (Wildman–Crippen MR) is 145 cm³/mol. The van der Waals surface area contributed by atoms with E-state index in [1.165, 1.54) is 0 Å². The first kappa shape index (κ1) is 27.7. The van der Waals surface area contributed by atoms with Crippen molar-refractivity contribution < 1.29 is 24.2 Å². The topological polar surface area (TPSA) is 72.8 Å². The number of carbonyl (C=O) groups is 2. The molecule has 0 saturated carbocycles. The Bertz CT molecular complexity index is 1160. The third-order valence-electron chi connectivity index (χ3n) is 6.71. The van der Waals surface area contributed by atoms with Gasteiger partial charge in [0, 0.05) is 19.2 Å². The van der Waals surface area contributed by atoms with Gasteiger partial charge in [-0.05, 0) is 78.7 Å². The number of ether oxygens (including phenoxy) is 2. The lowest BCUT2D eigenvalue weighted by Gasteiger charge is -2.42. The molecule has 2 aromatic carbocycles. The molecule has 6 heteroatoms. The summed E-state index contributed by atoms with van der Waals surface area (Å²) in [5, 5.41) is 11.3. The first-order valence-electron chi connectivity index (χ1n) is 12.7. The first-order valence-corrected chi connectivity index (χ1v) is 16.4. The molecule has 0 radical (unpaired) electrons. The standard InChI is InChI=1S/C30H38O5Si/c1-7-34-27(31)21-30(33)17-16-29(2,3)26-20-23(12-15-25(26)30)9-8-22-10-13-24(14-11-22)28(32)35-18-19-36(4,5)6/h10-15,20,33H,7,16-19,21H2,1-6H3. The molecule has 0 fully saturated rings. The zero-order chi connectivity index (χ0) is 26.6. The van der Waals surface area contributed by atoms with E-state index in [4.69, 9.17) is 9.47 Å². The van der Waals surface area contributed by atoms with Crippen molar-refractivity contribution in [1.82, 2.24) is 0 Å². The fourth-order valence-electron chi connectivity index (χ4n) is 4.38. The molecular weight excluding hydrogens is 468 g/mol. The first-order chi connectivity index (χ1) is 16.8. The van der Waals surface area contributed by atoms with Gasteiger partial charge >= 0.3 is 11.9 Å². The van der Waals surface area contributed by atoms with Gasteiger partial charge in [-0.15, -0.1) is 0 Å². The van der Waals surface area contributed by atoms with E-state index in [0.29, 0.717) is 25.2 Å². The number of esters is 2. The molecule has 0 aliphatic heterocycles. The van der Waals surface area contributed by atoms with Crippen LogP contribution in [0.15, 0.2) is 42.5 Å². The van der Waals surface area contributed by atoms with E-state index in [9.17, 15) is 14.7 Å². The van der Waals surface area contributed by atoms with Crippen LogP contribution in [-0.4, -0.2) is 38.3 Å². The van der Waals surface area contributed by atoms with Crippen molar-refractivity contribution >= 4 is 20.0 Å². The maximum Gasteiger partial charge on any atom is 0.338 e. The summed E-state index contributed by atoms with van der Waals surface area (Å²) < 4.78 is 10.5. The molecule has 1 aliphatic carbocycles. The van der Waals surface area contributed by atoms with Crippen molar-refractivity contribution in [3.8, 4) is 11.8 Å². The maximum absolute atomic E-state index is 12.3. The van der Waals surface area contributed by atoms with Gasteiger partial charge in [-0.2, -0.15) is 0 Å². The lowest BCUT2D eigenvalue weighted by atomic mass is 9.65. The fourth-order valence-corrected chi connectivity index (χ4v) is 5.09. The monoisotopic (exact) mass is 506 g/mol. The Balaban J connectivity index is 1.76. The van der Waals surface area contributed by atoms with E-state index in [1.54, 1.807) is 19.1 Å². The van der Waals surface area contributed by atoms with Crippen LogP contribution in [0.5, 0.6) is 0 Å². The Morgan fingerprint density at radius 3 is 2.22 bits per heavy atom. The molecule has 1 atom stereocenters. The second kappa shape index (κ2) is 11.0. The molecule has 1 N–H and O–H groups in total. The summed E-state index contributed by atoms with van der Waals surface area (Å²) in [4.78, 5) is 24.4. The maximum atomic E-state index is 12.3. The number of fused-ring (bicyclic) bond motifs is 1. The van der Waals surface area contributed by atoms with Crippen molar-refractivity contribution in [3.05, 3.63) is 70.3 Å². The Morgan fingerprint density at radius 2 is 1.58 bits per heavy atom. The molecule has 192 valence electrons. The zero-order valence-electron chi connectivity index (χ0n) is 22.4. The summed E-state index contributed by atoms with van der Waals surface area (Å²) in [6, 6.07) is 13.9. The van der Waals surface area contributed by atoms with Crippen LogP contribution in [0.25, 0.3) is 0 Å². The minimum absolute atomic E-state index is 0.0537. The van der Waals surface area contributed by atoms with Crippen LogP contribution in [0.3, 0.4) is 0 Å². The molecule has 36 heavy (non-hydrogen) atoms. The number of hydrogen-bond acceptors (Lipinski definition) is 5. The molecule has 0 heterocycles. The summed E-state index contributed by atoms with van der Waals surface area (Å²) in [5.74, 6) is 5.67. The fraction of sp³-hybridized carbons (Fsp3) is 0.467. The van der Waals surface area contributed by atoms with E-state index in [0.717, 1.165) is 34.7 Å². The van der Waals surface area contributed by atoms with Gasteiger partial charge in [0.25, 0.3) is 0 Å². The van der Waals surface area contributed by atoms with E-state index < -0.39 is 19.6 Å². The van der Waals surface area contributed by atoms with Crippen LogP contribution in [0, 0.1) is 11.8 Å². The Labute approximate surface area is 216 Å². The molecule has 1 aliphatic rings. The average Bonchev–Trinajstić information content (AvgIpc) is 2.80. The minimum atomic E-state index is -1.24. The van der Waals surface area contributed by atoms with Crippen molar-refractivity contribution in [2.45, 2.75) is 76.7 Å². The number of carbonyl (C=O) groups excluding carboxylic acids is 2. The molecule has 0 saturated heterocycles. The third kappa shape index (κ3) is 7.08. The summed E-state index contributed by atoms with van der Waals surface area (Å²) >= 11 is 0. The molecular formula is C30H38O5Si. The van der Waals surface area contributed by atoms with Gasteiger partial charge in [-0.1, -0.05) is 51.4 Å². The van der Waals surface area contributed by atoms with E-state index >= 15 is 0 Å². The van der Waals surface area contributed by atoms with Crippen LogP contribution in [0.4, 0.5) is 0 Å². The van der Waals surface area contributed by atoms with Crippen molar-refractivity contribution in [3.63, 3.8) is 0 Å². The second-order valence-electron chi connectivity index (χ2n) is 11.4. The minimum Gasteiger partial charge on any atom is -0.466 e. The van der Waals surface area contributed by atoms with Gasteiger partial charge in [0.2, 0.25) is 0 Å². The second-order valence-corrected chi connectivity index (χ2v) is 17.1. The number of hydrogen-bond donors (Lipinski definition) is 1. The van der Waals surface area contributed by atoms with Crippen LogP contribution in [0.2, 0.25) is 25.7 Å². The highest BCUT2D eigenvalue weighted by atomic mass is 28.3. The third-order valence-corrected chi connectivity index (χ3v) is 8.42. The Morgan fingerprint density at radius 1 is 0.944 bits per heavy atom. The molecule has 0 bridgehead atoms. The number of benzene rings is 2. The molecule has 0 amide bonds. The van der Waals surface area contributed by atoms with Gasteiger partial charge in [-0.3, -0.25) is 4.79 Å². The molecule has 2 aromatic rings. The number of rotatable bonds is 7. The van der Waals surface area contributed by atoms with E-state index in [-0.39, 0.29) is 17.8 Å². The normalized spacial score (nSPS) is 18.4. The van der Waals surface area contributed by atoms with Gasteiger partial charge < -0.3 is 14.6 Å². The van der Waals surface area contributed by atoms with Crippen LogP contribution in [-0.2, 0) is 25.3 Å². The summed E-state index contributed by atoms with van der Waals surface area (Å²) in [6.07, 6.45) is 1.20. The van der Waals surface area contributed by atoms with Gasteiger partial charge in [0.05, 0.1) is 25.2 Å². The lowest BCUT2D eigenvalue weighted by molar-refractivity contribution is -0.150. The van der Waals surface area contributed by atoms with E-state index in [1.807, 2.05) is 30.3 Å². The summed E-state index contributed by atoms with van der Waals surface area (Å²) in [5.41, 5.74) is 2.54. The van der Waals surface area contributed by atoms with Crippen LogP contribution < -0.4 is 0 Å². The quantitative estimate of drug-likeness (QED) is 0.292. The molecule has 0 aromatic heterocycles. The van der Waals surface area contributed by atoms with Crippen molar-refractivity contribution in [2.75, 3.05) is 13.2 Å². The molecule has 1 unspecified atom stereocenters. The van der Waals surface area contributed by atoms with E-state index in [2.05, 4.69) is 45.3 Å². The van der Waals surface area contributed by atoms with Crippen LogP contribution in [0.1, 0.15) is 72.6 Å². The molecule has 0 spiro atoms. The number of aliphatic hydroxyl groups is 1. The molecule has 3 rings (SSSR count). The van der Waals surface area contributed by atoms with Crippen LogP contribution >= 0.6 is 0 Å². The Hall–Kier alpha value is -2.88. The smallest absolute Gasteiger partial charge is 0.338 e. The summed E-state index contributed by atoms with van der Waals surface area (Å²) in [6.45, 7) is 13.6. The molecule has 5 nitrogen and oxygen atoms in total. The highest BCUT2D eigenvalue weighted by molar-refractivity contribution is 6.76. The van der Waals surface area contributed by atoms with Crippen molar-refractivity contribution in [2.24, 2.45) is 0 Å². The largest absolute Gasteiger partial charge is 0.466 e. The van der Waals surface area contributed by atoms with Gasteiger partial charge in [-0.25, -0.2) is 4.79 Å². The van der Waals surface area contributed by atoms with Gasteiger partial charge in [0.1, 0.15) is 5.60 Å². The van der Waals surface area contributed by atoms with Crippen molar-refractivity contribution in [1.29, 1.82) is 0 Å². The van der Waals surface area contributed by atoms with Gasteiger partial charge in [0.15, 0.2) is 0 Å². The highest BCUT2D eigenvalue weighted by Crippen LogP contribution is 2.46. The zero-order valence-corrected chi connectivity index (χ0v) is 23.4. The predicted octanol–water partition coefficient (Wildman–Crippen LogP) is 5.79. The average molecular weight is 507 g/mol.